The molecule has 152 valence electrons. The number of thioether (sulfide) groups is 1. The number of rotatable bonds is 8. The Hall–Kier alpha value is -1.83. The van der Waals surface area contributed by atoms with Crippen LogP contribution in [-0.2, 0) is 4.79 Å². The number of unbranched alkanes of at least 4 members (excludes halogenated alkanes) is 2. The third-order valence-corrected chi connectivity index (χ3v) is 5.91. The smallest absolute Gasteiger partial charge is 0.294 e. The normalized spacial score (nSPS) is 20.4. The van der Waals surface area contributed by atoms with E-state index >= 15 is 0 Å². The average Bonchev–Trinajstić information content (AvgIpc) is 2.95. The minimum Gasteiger partial charge on any atom is -0.494 e. The minimum absolute atomic E-state index is 0.189. The van der Waals surface area contributed by atoms with E-state index in [2.05, 4.69) is 23.8 Å². The van der Waals surface area contributed by atoms with Crippen molar-refractivity contribution in [3.8, 4) is 5.75 Å². The molecule has 0 N–H and O–H groups in total. The van der Waals surface area contributed by atoms with Crippen molar-refractivity contribution < 1.29 is 14.3 Å². The number of nitrogens with zero attached hydrogens (tertiary/aromatic N) is 3. The van der Waals surface area contributed by atoms with Gasteiger partial charge in [0.25, 0.3) is 11.1 Å². The minimum atomic E-state index is -0.200. The number of hydrogen-bond acceptors (Lipinski definition) is 6. The Balaban J connectivity index is 1.57. The first-order valence-corrected chi connectivity index (χ1v) is 10.8. The number of imide groups is 1. The highest BCUT2D eigenvalue weighted by molar-refractivity contribution is 8.18. The molecule has 2 heterocycles. The highest BCUT2D eigenvalue weighted by Gasteiger charge is 2.36. The van der Waals surface area contributed by atoms with Crippen LogP contribution in [0.2, 0.25) is 0 Å². The molecule has 0 saturated carbocycles. The van der Waals surface area contributed by atoms with E-state index in [0.717, 1.165) is 62.3 Å². The highest BCUT2D eigenvalue weighted by atomic mass is 32.2. The monoisotopic (exact) mass is 403 g/mol. The Bertz CT molecular complexity index is 712. The number of amides is 2. The standard InChI is InChI=1S/C21H29N3O3S/c1-3-4-5-14-27-18-8-6-17(7-9-18)15-19-20(25)24(21(26)28-19)16-23-12-10-22(2)11-13-23/h6-9,15H,3-5,10-14,16H2,1-2H3. The average molecular weight is 404 g/mol. The van der Waals surface area contributed by atoms with E-state index in [1.165, 1.54) is 17.7 Å². The summed E-state index contributed by atoms with van der Waals surface area (Å²) in [5, 5.41) is -0.189. The molecule has 0 radical (unpaired) electrons. The van der Waals surface area contributed by atoms with Gasteiger partial charge in [-0.25, -0.2) is 0 Å². The maximum absolute atomic E-state index is 12.7. The fourth-order valence-corrected chi connectivity index (χ4v) is 4.00. The Labute approximate surface area is 171 Å². The lowest BCUT2D eigenvalue weighted by Gasteiger charge is -2.33. The summed E-state index contributed by atoms with van der Waals surface area (Å²) < 4.78 is 5.72. The Kier molecular flexibility index (Phi) is 7.53. The fraction of sp³-hybridized carbons (Fsp3) is 0.524. The molecule has 3 rings (SSSR count). The van der Waals surface area contributed by atoms with Gasteiger partial charge < -0.3 is 9.64 Å². The lowest BCUT2D eigenvalue weighted by molar-refractivity contribution is -0.124. The first-order valence-electron chi connectivity index (χ1n) is 9.96. The van der Waals surface area contributed by atoms with Crippen molar-refractivity contribution in [2.24, 2.45) is 0 Å². The van der Waals surface area contributed by atoms with Gasteiger partial charge in [-0.05, 0) is 49.0 Å². The van der Waals surface area contributed by atoms with E-state index in [9.17, 15) is 9.59 Å². The third kappa shape index (κ3) is 5.59. The van der Waals surface area contributed by atoms with Crippen LogP contribution in [0, 0.1) is 0 Å². The second-order valence-electron chi connectivity index (χ2n) is 7.30. The molecule has 0 aliphatic carbocycles. The molecule has 0 spiro atoms. The van der Waals surface area contributed by atoms with Gasteiger partial charge in [0.15, 0.2) is 0 Å². The lowest BCUT2D eigenvalue weighted by atomic mass is 10.2. The molecule has 0 aromatic heterocycles. The van der Waals surface area contributed by atoms with E-state index in [4.69, 9.17) is 4.74 Å². The van der Waals surface area contributed by atoms with Crippen molar-refractivity contribution >= 4 is 29.0 Å². The summed E-state index contributed by atoms with van der Waals surface area (Å²) in [6.07, 6.45) is 5.18. The number of carbonyl (C=O) groups excluding carboxylic acids is 2. The maximum atomic E-state index is 12.7. The van der Waals surface area contributed by atoms with Crippen molar-refractivity contribution in [1.82, 2.24) is 14.7 Å². The molecule has 0 bridgehead atoms. The van der Waals surface area contributed by atoms with Crippen molar-refractivity contribution in [1.29, 1.82) is 0 Å². The summed E-state index contributed by atoms with van der Waals surface area (Å²) in [6, 6.07) is 7.66. The number of ether oxygens (including phenoxy) is 1. The molecule has 0 atom stereocenters. The molecule has 2 fully saturated rings. The molecule has 7 heteroatoms. The zero-order valence-corrected chi connectivity index (χ0v) is 17.5. The van der Waals surface area contributed by atoms with E-state index in [-0.39, 0.29) is 11.1 Å². The summed E-state index contributed by atoms with van der Waals surface area (Å²) in [5.74, 6) is 0.630. The van der Waals surface area contributed by atoms with Gasteiger partial charge in [-0.3, -0.25) is 19.4 Å². The molecule has 28 heavy (non-hydrogen) atoms. The summed E-state index contributed by atoms with van der Waals surface area (Å²) in [5.41, 5.74) is 0.894. The van der Waals surface area contributed by atoms with Crippen LogP contribution >= 0.6 is 11.8 Å². The fourth-order valence-electron chi connectivity index (χ4n) is 3.16. The molecule has 1 aromatic rings. The van der Waals surface area contributed by atoms with Gasteiger partial charge in [0.1, 0.15) is 5.75 Å². The van der Waals surface area contributed by atoms with E-state index in [0.29, 0.717) is 11.6 Å². The maximum Gasteiger partial charge on any atom is 0.294 e. The number of hydrogen-bond donors (Lipinski definition) is 0. The molecular weight excluding hydrogens is 374 g/mol. The van der Waals surface area contributed by atoms with Crippen LogP contribution in [0.5, 0.6) is 5.75 Å². The van der Waals surface area contributed by atoms with Gasteiger partial charge in [-0.2, -0.15) is 0 Å². The molecule has 1 aromatic carbocycles. The van der Waals surface area contributed by atoms with Crippen molar-refractivity contribution in [2.75, 3.05) is 46.5 Å². The Morgan fingerprint density at radius 3 is 2.46 bits per heavy atom. The van der Waals surface area contributed by atoms with Crippen molar-refractivity contribution in [2.45, 2.75) is 26.2 Å². The number of carbonyl (C=O) groups is 2. The Morgan fingerprint density at radius 2 is 1.79 bits per heavy atom. The first-order chi connectivity index (χ1) is 13.6. The van der Waals surface area contributed by atoms with Crippen LogP contribution in [-0.4, -0.2) is 72.3 Å². The number of likely N-dealkylation sites (N-methyl/N-ethyl adjacent to an activating group) is 1. The molecule has 2 aliphatic rings. The molecule has 2 amide bonds. The van der Waals surface area contributed by atoms with Crippen LogP contribution < -0.4 is 4.74 Å². The van der Waals surface area contributed by atoms with Gasteiger partial charge in [-0.1, -0.05) is 31.9 Å². The largest absolute Gasteiger partial charge is 0.494 e. The summed E-state index contributed by atoms with van der Waals surface area (Å²) >= 11 is 1.02. The zero-order chi connectivity index (χ0) is 19.9. The first kappa shape index (κ1) is 20.9. The van der Waals surface area contributed by atoms with Crippen molar-refractivity contribution in [3.05, 3.63) is 34.7 Å². The van der Waals surface area contributed by atoms with Crippen LogP contribution in [0.3, 0.4) is 0 Å². The zero-order valence-electron chi connectivity index (χ0n) is 16.7. The van der Waals surface area contributed by atoms with Gasteiger partial charge >= 0.3 is 0 Å². The van der Waals surface area contributed by atoms with Gasteiger partial charge in [0.05, 0.1) is 18.2 Å². The third-order valence-electron chi connectivity index (χ3n) is 5.01. The molecule has 6 nitrogen and oxygen atoms in total. The summed E-state index contributed by atoms with van der Waals surface area (Å²) in [6.45, 7) is 6.92. The predicted molar refractivity (Wildman–Crippen MR) is 113 cm³/mol. The number of benzene rings is 1. The Morgan fingerprint density at radius 1 is 1.07 bits per heavy atom. The predicted octanol–water partition coefficient (Wildman–Crippen LogP) is 3.50. The van der Waals surface area contributed by atoms with E-state index < -0.39 is 0 Å². The van der Waals surface area contributed by atoms with E-state index in [1.54, 1.807) is 6.08 Å². The second kappa shape index (κ2) is 10.1. The summed E-state index contributed by atoms with van der Waals surface area (Å²) in [7, 11) is 2.09. The van der Waals surface area contributed by atoms with Gasteiger partial charge in [0.2, 0.25) is 0 Å². The van der Waals surface area contributed by atoms with Crippen molar-refractivity contribution in [3.63, 3.8) is 0 Å². The van der Waals surface area contributed by atoms with Crippen LogP contribution in [0.1, 0.15) is 31.7 Å². The quantitative estimate of drug-likeness (QED) is 0.489. The SMILES string of the molecule is CCCCCOc1ccc(C=C2SC(=O)N(CN3CCN(C)CC3)C2=O)cc1. The molecule has 0 unspecified atom stereocenters. The van der Waals surface area contributed by atoms with Crippen LogP contribution in [0.4, 0.5) is 4.79 Å². The van der Waals surface area contributed by atoms with Crippen LogP contribution in [0.15, 0.2) is 29.2 Å². The molecule has 2 saturated heterocycles. The van der Waals surface area contributed by atoms with Crippen LogP contribution in [0.25, 0.3) is 6.08 Å². The van der Waals surface area contributed by atoms with E-state index in [1.807, 2.05) is 24.3 Å². The topological polar surface area (TPSA) is 53.1 Å². The highest BCUT2D eigenvalue weighted by Crippen LogP contribution is 2.32. The van der Waals surface area contributed by atoms with Gasteiger partial charge in [0, 0.05) is 26.2 Å². The molecule has 2 aliphatic heterocycles. The van der Waals surface area contributed by atoms with Gasteiger partial charge in [-0.15, -0.1) is 0 Å². The summed E-state index contributed by atoms with van der Waals surface area (Å²) in [4.78, 5) is 31.2. The number of piperazine rings is 1. The lowest BCUT2D eigenvalue weighted by Crippen LogP contribution is -2.49. The molecular formula is C21H29N3O3S. The second-order valence-corrected chi connectivity index (χ2v) is 8.29.